The lowest BCUT2D eigenvalue weighted by Crippen LogP contribution is -2.60. The summed E-state index contributed by atoms with van der Waals surface area (Å²) < 4.78 is 19.7. The summed E-state index contributed by atoms with van der Waals surface area (Å²) in [5, 5.41) is 0. The van der Waals surface area contributed by atoms with Gasteiger partial charge in [-0.3, -0.25) is 0 Å². The molecular formula is C28H38O3. The molecule has 1 aliphatic heterocycles. The van der Waals surface area contributed by atoms with Crippen molar-refractivity contribution in [1.29, 1.82) is 0 Å². The highest BCUT2D eigenvalue weighted by Gasteiger charge is 2.68. The van der Waals surface area contributed by atoms with Gasteiger partial charge in [0.05, 0.1) is 25.9 Å². The van der Waals surface area contributed by atoms with E-state index in [-0.39, 0.29) is 17.3 Å². The monoisotopic (exact) mass is 422 g/mol. The molecule has 1 aromatic rings. The third-order valence-corrected chi connectivity index (χ3v) is 10.0. The van der Waals surface area contributed by atoms with Gasteiger partial charge in [0.15, 0.2) is 5.79 Å². The molecule has 4 fully saturated rings. The first-order valence-corrected chi connectivity index (χ1v) is 12.7. The molecular weight excluding hydrogens is 384 g/mol. The van der Waals surface area contributed by atoms with E-state index in [1.54, 1.807) is 5.57 Å². The van der Waals surface area contributed by atoms with Gasteiger partial charge in [-0.15, -0.1) is 0 Å². The Bertz CT molecular complexity index is 841. The van der Waals surface area contributed by atoms with Crippen LogP contribution in [0.15, 0.2) is 42.0 Å². The lowest BCUT2D eigenvalue weighted by Gasteiger charge is -2.60. The molecule has 1 saturated heterocycles. The summed E-state index contributed by atoms with van der Waals surface area (Å²) in [7, 11) is 0. The summed E-state index contributed by atoms with van der Waals surface area (Å²) in [4.78, 5) is 0. The average molecular weight is 423 g/mol. The third-order valence-electron chi connectivity index (χ3n) is 10.0. The fraction of sp³-hybridized carbons (Fsp3) is 0.714. The molecule has 1 heterocycles. The molecule has 0 bridgehead atoms. The molecule has 3 nitrogen and oxygen atoms in total. The first-order chi connectivity index (χ1) is 15.1. The van der Waals surface area contributed by atoms with E-state index >= 15 is 0 Å². The highest BCUT2D eigenvalue weighted by atomic mass is 16.7. The number of rotatable bonds is 3. The molecule has 3 heteroatoms. The Kier molecular flexibility index (Phi) is 4.90. The minimum absolute atomic E-state index is 0.0440. The largest absolute Gasteiger partial charge is 0.373 e. The van der Waals surface area contributed by atoms with Gasteiger partial charge in [0.1, 0.15) is 0 Å². The molecule has 6 rings (SSSR count). The van der Waals surface area contributed by atoms with Crippen molar-refractivity contribution in [3.8, 4) is 0 Å². The molecule has 0 radical (unpaired) electrons. The molecule has 168 valence electrons. The summed E-state index contributed by atoms with van der Waals surface area (Å²) in [6.07, 6.45) is 12.8. The number of fused-ring (bicyclic) bond motifs is 6. The van der Waals surface area contributed by atoms with Gasteiger partial charge in [-0.25, -0.2) is 0 Å². The van der Waals surface area contributed by atoms with E-state index in [1.165, 1.54) is 44.1 Å². The van der Waals surface area contributed by atoms with E-state index in [0.717, 1.165) is 26.1 Å². The molecule has 1 aromatic carbocycles. The Balaban J connectivity index is 1.37. The second-order valence-electron chi connectivity index (χ2n) is 11.3. The van der Waals surface area contributed by atoms with Crippen LogP contribution in [0.4, 0.5) is 0 Å². The van der Waals surface area contributed by atoms with Gasteiger partial charge in [-0.1, -0.05) is 62.2 Å². The first-order valence-electron chi connectivity index (χ1n) is 12.7. The zero-order valence-corrected chi connectivity index (χ0v) is 19.3. The predicted molar refractivity (Wildman–Crippen MR) is 121 cm³/mol. The summed E-state index contributed by atoms with van der Waals surface area (Å²) in [5.74, 6) is 1.59. The molecule has 0 amide bonds. The molecule has 0 aromatic heterocycles. The summed E-state index contributed by atoms with van der Waals surface area (Å²) in [6, 6.07) is 10.7. The van der Waals surface area contributed by atoms with Crippen molar-refractivity contribution < 1.29 is 14.2 Å². The van der Waals surface area contributed by atoms with Crippen molar-refractivity contribution in [3.63, 3.8) is 0 Å². The van der Waals surface area contributed by atoms with Crippen LogP contribution in [0.5, 0.6) is 0 Å². The fourth-order valence-electron chi connectivity index (χ4n) is 8.61. The molecule has 4 aliphatic carbocycles. The zero-order chi connectivity index (χ0) is 21.1. The van der Waals surface area contributed by atoms with Gasteiger partial charge in [0.2, 0.25) is 0 Å². The quantitative estimate of drug-likeness (QED) is 0.537. The van der Waals surface area contributed by atoms with Crippen LogP contribution >= 0.6 is 0 Å². The van der Waals surface area contributed by atoms with E-state index < -0.39 is 0 Å². The van der Waals surface area contributed by atoms with Crippen molar-refractivity contribution in [2.24, 2.45) is 28.6 Å². The van der Waals surface area contributed by atoms with Crippen molar-refractivity contribution in [3.05, 3.63) is 47.5 Å². The molecule has 0 N–H and O–H groups in total. The van der Waals surface area contributed by atoms with Gasteiger partial charge in [0.25, 0.3) is 0 Å². The van der Waals surface area contributed by atoms with E-state index in [2.05, 4.69) is 50.3 Å². The summed E-state index contributed by atoms with van der Waals surface area (Å²) in [6.45, 7) is 7.23. The second-order valence-corrected chi connectivity index (χ2v) is 11.3. The topological polar surface area (TPSA) is 27.7 Å². The molecule has 6 atom stereocenters. The Morgan fingerprint density at radius 3 is 2.65 bits per heavy atom. The average Bonchev–Trinajstić information content (AvgIpc) is 3.38. The highest BCUT2D eigenvalue weighted by Crippen LogP contribution is 2.69. The van der Waals surface area contributed by atoms with E-state index in [0.29, 0.717) is 29.8 Å². The van der Waals surface area contributed by atoms with Crippen LogP contribution in [0.25, 0.3) is 0 Å². The van der Waals surface area contributed by atoms with Crippen LogP contribution in [0.3, 0.4) is 0 Å². The normalized spacial score (nSPS) is 43.2. The standard InChI is InChI=1S/C28H38O3/c1-26-14-7-6-10-21(26)11-12-22-23-13-15-28(30-16-17-31-28)27(23,2)18-24(25(22)26)29-19-20-8-4-3-5-9-20/h3-5,8-9,11,22-25H,6-7,10,12-19H2,1-2H3/t22?,23?,24-,25?,26-,27-/m0/s1. The maximum absolute atomic E-state index is 6.89. The summed E-state index contributed by atoms with van der Waals surface area (Å²) >= 11 is 0. The molecule has 31 heavy (non-hydrogen) atoms. The van der Waals surface area contributed by atoms with Crippen LogP contribution in [-0.2, 0) is 20.8 Å². The minimum Gasteiger partial charge on any atom is -0.373 e. The van der Waals surface area contributed by atoms with E-state index in [4.69, 9.17) is 14.2 Å². The van der Waals surface area contributed by atoms with Gasteiger partial charge in [-0.05, 0) is 67.3 Å². The Labute approximate surface area is 187 Å². The predicted octanol–water partition coefficient (Wildman–Crippen LogP) is 6.28. The number of hydrogen-bond donors (Lipinski definition) is 0. The van der Waals surface area contributed by atoms with Crippen LogP contribution in [0.2, 0.25) is 0 Å². The van der Waals surface area contributed by atoms with Crippen LogP contribution in [0, 0.1) is 28.6 Å². The first kappa shape index (κ1) is 20.4. The van der Waals surface area contributed by atoms with Crippen molar-refractivity contribution in [1.82, 2.24) is 0 Å². The SMILES string of the molecule is C[C@]12CCCCC1=CCC1C2[C@@H](OCc2ccccc2)C[C@@]2(C)C1CCC21OCCO1. The number of ether oxygens (including phenoxy) is 3. The fourth-order valence-corrected chi connectivity index (χ4v) is 8.61. The minimum atomic E-state index is -0.381. The highest BCUT2D eigenvalue weighted by molar-refractivity contribution is 5.26. The van der Waals surface area contributed by atoms with Crippen molar-refractivity contribution >= 4 is 0 Å². The molecule has 1 spiro atoms. The van der Waals surface area contributed by atoms with Gasteiger partial charge in [-0.2, -0.15) is 0 Å². The van der Waals surface area contributed by atoms with Gasteiger partial charge >= 0.3 is 0 Å². The number of allylic oxidation sites excluding steroid dienone is 2. The lowest BCUT2D eigenvalue weighted by molar-refractivity contribution is -0.261. The number of benzene rings is 1. The zero-order valence-electron chi connectivity index (χ0n) is 19.3. The van der Waals surface area contributed by atoms with Crippen LogP contribution in [-0.4, -0.2) is 25.1 Å². The molecule has 5 aliphatic rings. The van der Waals surface area contributed by atoms with Crippen molar-refractivity contribution in [2.45, 2.75) is 83.7 Å². The number of hydrogen-bond acceptors (Lipinski definition) is 3. The Morgan fingerprint density at radius 2 is 1.84 bits per heavy atom. The maximum Gasteiger partial charge on any atom is 0.174 e. The van der Waals surface area contributed by atoms with Gasteiger partial charge in [0, 0.05) is 11.8 Å². The van der Waals surface area contributed by atoms with E-state index in [9.17, 15) is 0 Å². The Hall–Kier alpha value is -1.16. The van der Waals surface area contributed by atoms with Gasteiger partial charge < -0.3 is 14.2 Å². The van der Waals surface area contributed by atoms with Crippen molar-refractivity contribution in [2.75, 3.05) is 13.2 Å². The molecule has 3 unspecified atom stereocenters. The third kappa shape index (κ3) is 2.96. The van der Waals surface area contributed by atoms with Crippen LogP contribution < -0.4 is 0 Å². The Morgan fingerprint density at radius 1 is 1.03 bits per heavy atom. The lowest BCUT2D eigenvalue weighted by atomic mass is 9.47. The van der Waals surface area contributed by atoms with Crippen LogP contribution in [0.1, 0.15) is 70.8 Å². The van der Waals surface area contributed by atoms with E-state index in [1.807, 2.05) is 0 Å². The second kappa shape index (κ2) is 7.43. The maximum atomic E-state index is 6.89. The summed E-state index contributed by atoms with van der Waals surface area (Å²) in [5.41, 5.74) is 3.36. The molecule has 3 saturated carbocycles. The smallest absolute Gasteiger partial charge is 0.174 e.